The van der Waals surface area contributed by atoms with Crippen molar-refractivity contribution in [3.8, 4) is 28.4 Å². The molecule has 2 atom stereocenters. The van der Waals surface area contributed by atoms with Gasteiger partial charge in [-0.15, -0.1) is 11.8 Å². The predicted octanol–water partition coefficient (Wildman–Crippen LogP) is 5.98. The summed E-state index contributed by atoms with van der Waals surface area (Å²) in [5.74, 6) is 1.51. The third-order valence-electron chi connectivity index (χ3n) is 8.06. The van der Waals surface area contributed by atoms with E-state index in [0.29, 0.717) is 41.2 Å². The van der Waals surface area contributed by atoms with Crippen molar-refractivity contribution in [3.63, 3.8) is 0 Å². The summed E-state index contributed by atoms with van der Waals surface area (Å²) in [6, 6.07) is 21.0. The number of ether oxygens (including phenoxy) is 3. The van der Waals surface area contributed by atoms with Crippen molar-refractivity contribution in [1.29, 1.82) is 0 Å². The largest absolute Gasteiger partial charge is 0.497 e. The molecule has 0 radical (unpaired) electrons. The van der Waals surface area contributed by atoms with Gasteiger partial charge in [0.2, 0.25) is 11.8 Å². The molecule has 3 aromatic carbocycles. The highest BCUT2D eigenvalue weighted by atomic mass is 35.5. The van der Waals surface area contributed by atoms with E-state index in [9.17, 15) is 9.59 Å². The minimum absolute atomic E-state index is 0.0144. The number of methoxy groups -OCH3 is 2. The first-order valence-electron chi connectivity index (χ1n) is 14.8. The number of anilines is 1. The lowest BCUT2D eigenvalue weighted by Gasteiger charge is -2.24. The Bertz CT molecular complexity index is 1690. The number of benzene rings is 3. The molecule has 0 spiro atoms. The van der Waals surface area contributed by atoms with Crippen LogP contribution in [0.3, 0.4) is 0 Å². The van der Waals surface area contributed by atoms with Gasteiger partial charge in [0, 0.05) is 34.9 Å². The van der Waals surface area contributed by atoms with Gasteiger partial charge in [0.1, 0.15) is 23.9 Å². The fraction of sp³-hybridized carbons (Fsp3) is 0.324. The number of nitrogens with zero attached hydrogens (tertiary/aromatic N) is 3. The van der Waals surface area contributed by atoms with E-state index < -0.39 is 0 Å². The summed E-state index contributed by atoms with van der Waals surface area (Å²) in [6.07, 6.45) is 1.86. The van der Waals surface area contributed by atoms with Crippen molar-refractivity contribution < 1.29 is 23.8 Å². The maximum atomic E-state index is 14.0. The number of hydrogen-bond acceptors (Lipinski definition) is 7. The summed E-state index contributed by atoms with van der Waals surface area (Å²) in [5.41, 5.74) is 4.96. The topological polar surface area (TPSA) is 94.9 Å². The van der Waals surface area contributed by atoms with E-state index in [2.05, 4.69) is 5.32 Å². The van der Waals surface area contributed by atoms with Gasteiger partial charge in [0.05, 0.1) is 42.7 Å². The summed E-state index contributed by atoms with van der Waals surface area (Å²) < 4.78 is 18.9. The molecular weight excluding hydrogens is 612 g/mol. The Labute approximate surface area is 271 Å². The molecule has 6 rings (SSSR count). The third kappa shape index (κ3) is 6.54. The van der Waals surface area contributed by atoms with E-state index in [-0.39, 0.29) is 35.5 Å². The first-order valence-corrected chi connectivity index (χ1v) is 16.3. The smallest absolute Gasteiger partial charge is 0.240 e. The fourth-order valence-electron chi connectivity index (χ4n) is 5.73. The second kappa shape index (κ2) is 13.6. The number of carbonyl (C=O) groups is 2. The molecular formula is C34H35ClN4O5S. The SMILES string of the molecule is COc1ccc(OC)c([C@@H]2SCC(=O)N(CC(=O)NC[C@H]3CCCO3)c3c2c(-c2ccc(Cl)cc2)nn3-c2ccc(C)cc2)c1. The average Bonchev–Trinajstić information content (AvgIpc) is 3.69. The zero-order valence-corrected chi connectivity index (χ0v) is 27.0. The van der Waals surface area contributed by atoms with Gasteiger partial charge in [0.25, 0.3) is 0 Å². The third-order valence-corrected chi connectivity index (χ3v) is 9.55. The number of aromatic nitrogens is 2. The molecule has 11 heteroatoms. The lowest BCUT2D eigenvalue weighted by Crippen LogP contribution is -2.44. The van der Waals surface area contributed by atoms with Crippen LogP contribution in [-0.4, -0.2) is 67.4 Å². The molecule has 0 aliphatic carbocycles. The number of amides is 2. The Kier molecular flexibility index (Phi) is 9.34. The maximum absolute atomic E-state index is 14.0. The first kappa shape index (κ1) is 31.0. The Morgan fingerprint density at radius 2 is 1.87 bits per heavy atom. The average molecular weight is 647 g/mol. The summed E-state index contributed by atoms with van der Waals surface area (Å²) >= 11 is 7.76. The normalized spacial score (nSPS) is 18.0. The molecule has 1 aromatic heterocycles. The number of aryl methyl sites for hydroxylation is 1. The Morgan fingerprint density at radius 1 is 1.09 bits per heavy atom. The lowest BCUT2D eigenvalue weighted by atomic mass is 9.98. The Hall–Kier alpha value is -3.99. The highest BCUT2D eigenvalue weighted by Crippen LogP contribution is 2.51. The molecule has 0 unspecified atom stereocenters. The molecule has 2 aliphatic heterocycles. The summed E-state index contributed by atoms with van der Waals surface area (Å²) in [4.78, 5) is 29.0. The highest BCUT2D eigenvalue weighted by molar-refractivity contribution is 8.00. The molecule has 0 saturated carbocycles. The lowest BCUT2D eigenvalue weighted by molar-refractivity contribution is -0.123. The van der Waals surface area contributed by atoms with Gasteiger partial charge < -0.3 is 19.5 Å². The van der Waals surface area contributed by atoms with Crippen LogP contribution in [0, 0.1) is 6.92 Å². The molecule has 4 aromatic rings. The van der Waals surface area contributed by atoms with Crippen LogP contribution in [0.5, 0.6) is 11.5 Å². The maximum Gasteiger partial charge on any atom is 0.240 e. The zero-order chi connectivity index (χ0) is 31.5. The standard InChI is InChI=1S/C34H35ClN4O5S/c1-21-6-12-24(13-7-21)39-34-31(32(37-39)22-8-10-23(35)11-9-22)33(27-17-25(42-2)14-15-28(27)43-3)45-20-30(41)38(34)19-29(40)36-18-26-5-4-16-44-26/h6-15,17,26,33H,4-5,16,18-20H2,1-3H3,(H,36,40)/t26-,33+/m1/s1. The molecule has 1 fully saturated rings. The van der Waals surface area contributed by atoms with Crippen LogP contribution in [0.1, 0.15) is 34.8 Å². The highest BCUT2D eigenvalue weighted by Gasteiger charge is 2.39. The molecule has 45 heavy (non-hydrogen) atoms. The predicted molar refractivity (Wildman–Crippen MR) is 177 cm³/mol. The second-order valence-corrected chi connectivity index (χ2v) is 12.6. The quantitative estimate of drug-likeness (QED) is 0.239. The van der Waals surface area contributed by atoms with Crippen LogP contribution in [0.4, 0.5) is 5.82 Å². The summed E-state index contributed by atoms with van der Waals surface area (Å²) in [7, 11) is 3.24. The summed E-state index contributed by atoms with van der Waals surface area (Å²) in [6.45, 7) is 2.95. The number of carbonyl (C=O) groups excluding carboxylic acids is 2. The minimum Gasteiger partial charge on any atom is -0.497 e. The summed E-state index contributed by atoms with van der Waals surface area (Å²) in [5, 5.41) is 8.35. The molecule has 2 aliphatic rings. The van der Waals surface area contributed by atoms with Crippen molar-refractivity contribution in [2.45, 2.75) is 31.1 Å². The van der Waals surface area contributed by atoms with Gasteiger partial charge in [-0.2, -0.15) is 5.10 Å². The number of thioether (sulfide) groups is 1. The van der Waals surface area contributed by atoms with E-state index in [1.54, 1.807) is 23.8 Å². The van der Waals surface area contributed by atoms with Crippen LogP contribution in [0.25, 0.3) is 16.9 Å². The molecule has 2 amide bonds. The van der Waals surface area contributed by atoms with Gasteiger partial charge in [-0.25, -0.2) is 4.68 Å². The van der Waals surface area contributed by atoms with Crippen molar-refractivity contribution >= 4 is 41.0 Å². The van der Waals surface area contributed by atoms with E-state index in [1.807, 2.05) is 73.7 Å². The zero-order valence-electron chi connectivity index (χ0n) is 25.4. The van der Waals surface area contributed by atoms with Crippen LogP contribution < -0.4 is 19.7 Å². The molecule has 1 N–H and O–H groups in total. The van der Waals surface area contributed by atoms with E-state index in [4.69, 9.17) is 30.9 Å². The van der Waals surface area contributed by atoms with Gasteiger partial charge in [-0.05, 0) is 62.2 Å². The van der Waals surface area contributed by atoms with E-state index in [1.165, 1.54) is 11.8 Å². The minimum atomic E-state index is -0.390. The number of rotatable bonds is 9. The van der Waals surface area contributed by atoms with Gasteiger partial charge in [-0.1, -0.05) is 41.4 Å². The Balaban J connectivity index is 1.56. The first-order chi connectivity index (χ1) is 21.9. The van der Waals surface area contributed by atoms with Crippen LogP contribution in [0.15, 0.2) is 66.7 Å². The van der Waals surface area contributed by atoms with Crippen LogP contribution in [-0.2, 0) is 14.3 Å². The number of nitrogens with one attached hydrogen (secondary N) is 1. The number of hydrogen-bond donors (Lipinski definition) is 1. The van der Waals surface area contributed by atoms with Crippen LogP contribution >= 0.6 is 23.4 Å². The molecule has 0 bridgehead atoms. The molecule has 234 valence electrons. The Morgan fingerprint density at radius 3 is 2.56 bits per heavy atom. The van der Waals surface area contributed by atoms with Gasteiger partial charge in [0.15, 0.2) is 0 Å². The van der Waals surface area contributed by atoms with Crippen molar-refractivity contribution in [1.82, 2.24) is 15.1 Å². The van der Waals surface area contributed by atoms with Gasteiger partial charge in [-0.3, -0.25) is 14.5 Å². The monoisotopic (exact) mass is 646 g/mol. The van der Waals surface area contributed by atoms with Crippen molar-refractivity contribution in [2.24, 2.45) is 0 Å². The number of halogens is 1. The fourth-order valence-corrected chi connectivity index (χ4v) is 7.07. The molecule has 9 nitrogen and oxygen atoms in total. The molecule has 3 heterocycles. The second-order valence-electron chi connectivity index (χ2n) is 11.1. The van der Waals surface area contributed by atoms with Crippen molar-refractivity contribution in [2.75, 3.05) is 44.6 Å². The van der Waals surface area contributed by atoms with E-state index in [0.717, 1.165) is 40.8 Å². The number of fused-ring (bicyclic) bond motifs is 1. The van der Waals surface area contributed by atoms with Crippen molar-refractivity contribution in [3.05, 3.63) is 88.4 Å². The van der Waals surface area contributed by atoms with Crippen LogP contribution in [0.2, 0.25) is 5.02 Å². The van der Waals surface area contributed by atoms with E-state index >= 15 is 0 Å². The molecule has 1 saturated heterocycles. The van der Waals surface area contributed by atoms with Gasteiger partial charge >= 0.3 is 0 Å².